The molecule has 0 fully saturated rings. The maximum atomic E-state index is 6.17. The topological polar surface area (TPSA) is 36.9 Å². The largest absolute Gasteiger partial charge is 0.494 e. The number of hydrogen-bond donors (Lipinski definition) is 0. The number of benzene rings is 8. The van der Waals surface area contributed by atoms with E-state index in [0.717, 1.165) is 257 Å². The van der Waals surface area contributed by atoms with Crippen LogP contribution in [-0.2, 0) is 51.4 Å². The lowest BCUT2D eigenvalue weighted by Crippen LogP contribution is -1.97. The van der Waals surface area contributed by atoms with Gasteiger partial charge in [0.1, 0.15) is 23.0 Å². The van der Waals surface area contributed by atoms with E-state index in [4.69, 9.17) is 18.9 Å². The molecule has 0 aliphatic carbocycles. The quantitative estimate of drug-likeness (QED) is 0.0282. The minimum atomic E-state index is 0.734. The summed E-state index contributed by atoms with van der Waals surface area (Å²) in [7, 11) is 0. The Balaban J connectivity index is 1.03. The van der Waals surface area contributed by atoms with Crippen molar-refractivity contribution in [3.05, 3.63) is 290 Å². The Kier molecular flexibility index (Phi) is 44.9. The first kappa shape index (κ1) is 101. The molecule has 0 radical (unpaired) electrons. The first-order valence-electron chi connectivity index (χ1n) is 49.9. The Morgan fingerprint density at radius 1 is 0.177 bits per heavy atom. The highest BCUT2D eigenvalue weighted by Crippen LogP contribution is 2.41. The molecular weight excluding hydrogens is 1620 g/mol. The molecule has 6 heteroatoms. The van der Waals surface area contributed by atoms with Crippen LogP contribution in [0.3, 0.4) is 0 Å². The summed E-state index contributed by atoms with van der Waals surface area (Å²) >= 11 is 3.35. The van der Waals surface area contributed by atoms with Gasteiger partial charge in [0.2, 0.25) is 0 Å². The van der Waals surface area contributed by atoms with Crippen LogP contribution < -0.4 is 18.9 Å². The highest BCUT2D eigenvalue weighted by molar-refractivity contribution is 7.23. The molecule has 2 heterocycles. The average Bonchev–Trinajstić information content (AvgIpc) is 1.63. The van der Waals surface area contributed by atoms with E-state index in [2.05, 4.69) is 336 Å². The summed E-state index contributed by atoms with van der Waals surface area (Å²) in [5, 5.41) is 0. The van der Waals surface area contributed by atoms with E-state index in [9.17, 15) is 0 Å². The summed E-state index contributed by atoms with van der Waals surface area (Å²) in [5.41, 5.74) is 23.0. The molecule has 0 spiro atoms. The SMILES string of the molecule is CCCCCCCCCOc1ccc(C#Cc2cc(CC)c(C#Cc3cc(C#Cc4cc(CC)c(C#Cc5ccc(OCCCCCCCCC)cc5)cc4CC)c(-c4sc(C#Cc5cc(CC)c(C#Cc6ccc(OCCCCCCCCC)cc6)cc5CC)cc4C#Cc4cc(CC)c(C#Cc5ccc(OCCCCCCCCC)cc5)cc4CC)s3)cc2CC)cc1. The zero-order valence-electron chi connectivity index (χ0n) is 80.7. The molecule has 674 valence electrons. The predicted octanol–water partition coefficient (Wildman–Crippen LogP) is 31.7. The van der Waals surface area contributed by atoms with Gasteiger partial charge in [-0.05, 0) is 279 Å². The fourth-order valence-electron chi connectivity index (χ4n) is 16.1. The Morgan fingerprint density at radius 3 is 0.538 bits per heavy atom. The molecule has 0 saturated heterocycles. The molecular formula is C124H142O4S2. The van der Waals surface area contributed by atoms with Crippen molar-refractivity contribution in [1.29, 1.82) is 0 Å². The first-order chi connectivity index (χ1) is 63.9. The molecule has 0 bridgehead atoms. The van der Waals surface area contributed by atoms with Gasteiger partial charge in [-0.2, -0.15) is 0 Å². The zero-order chi connectivity index (χ0) is 91.5. The molecule has 8 aromatic carbocycles. The monoisotopic (exact) mass is 1760 g/mol. The molecule has 0 aliphatic rings. The van der Waals surface area contributed by atoms with Gasteiger partial charge in [0, 0.05) is 77.9 Å². The van der Waals surface area contributed by atoms with Gasteiger partial charge >= 0.3 is 0 Å². The molecule has 2 aromatic heterocycles. The van der Waals surface area contributed by atoms with Gasteiger partial charge in [-0.25, -0.2) is 0 Å². The maximum absolute atomic E-state index is 6.17. The van der Waals surface area contributed by atoms with E-state index >= 15 is 0 Å². The second kappa shape index (κ2) is 57.8. The average molecular weight is 1760 g/mol. The number of ether oxygens (including phenoxy) is 4. The fraction of sp³-hybridized carbons (Fsp3) is 0.419. The van der Waals surface area contributed by atoms with Crippen LogP contribution in [0.15, 0.2) is 158 Å². The first-order valence-corrected chi connectivity index (χ1v) is 51.5. The third kappa shape index (κ3) is 33.3. The molecule has 10 rings (SSSR count). The molecule has 0 amide bonds. The Morgan fingerprint density at radius 2 is 0.346 bits per heavy atom. The second-order valence-corrected chi connectivity index (χ2v) is 36.3. The van der Waals surface area contributed by atoms with E-state index in [-0.39, 0.29) is 0 Å². The van der Waals surface area contributed by atoms with Gasteiger partial charge < -0.3 is 18.9 Å². The Hall–Kier alpha value is -11.2. The molecule has 4 nitrogen and oxygen atoms in total. The molecule has 0 N–H and O–H groups in total. The summed E-state index contributed by atoms with van der Waals surface area (Å²) in [6.45, 7) is 29.7. The third-order valence-electron chi connectivity index (χ3n) is 24.2. The zero-order valence-corrected chi connectivity index (χ0v) is 82.4. The van der Waals surface area contributed by atoms with E-state index in [1.54, 1.807) is 22.7 Å². The van der Waals surface area contributed by atoms with Crippen LogP contribution in [0.2, 0.25) is 0 Å². The number of hydrogen-bond acceptors (Lipinski definition) is 6. The smallest absolute Gasteiger partial charge is 0.119 e. The standard InChI is InChI=1S/C124H142O4S2/c1-13-25-29-33-37-41-45-81-125-117-71-53-95(54-72-117)49-61-107-85-103(21-9)111(89-99(107)17-5)65-67-115-93-121(79-69-113-91-101(19-7)109(87-105(113)23-11)63-51-97-57-75-119(76-58-97)127-83-47-43-39-35-31-27-15-3)129-123(115)124-116(68-66-112-90-100(18-6)108(86-104(112)22-10)62-50-96-55-73-118(74-56-96)126-82-46-42-38-34-30-26-14-2)94-122(130-124)80-70-114-92-102(20-8)110(88-106(114)24-12)64-52-98-59-77-120(78-60-98)128-84-48-44-40-36-32-28-16-4/h53-60,71-78,85-94H,13-48,81-84H2,1-12H3. The normalized spacial score (nSPS) is 10.6. The Bertz CT molecular complexity index is 5400. The van der Waals surface area contributed by atoms with Crippen LogP contribution in [0, 0.1) is 94.7 Å². The lowest BCUT2D eigenvalue weighted by molar-refractivity contribution is 0.304. The number of aryl methyl sites for hydroxylation is 8. The minimum absolute atomic E-state index is 0.734. The van der Waals surface area contributed by atoms with Crippen molar-refractivity contribution < 1.29 is 18.9 Å². The van der Waals surface area contributed by atoms with Crippen LogP contribution in [0.4, 0.5) is 0 Å². The Labute approximate surface area is 793 Å². The van der Waals surface area contributed by atoms with Gasteiger partial charge in [-0.15, -0.1) is 22.7 Å². The van der Waals surface area contributed by atoms with Crippen LogP contribution in [-0.4, -0.2) is 26.4 Å². The number of thiophene rings is 2. The summed E-state index contributed by atoms with van der Waals surface area (Å²) in [5.74, 6) is 62.0. The van der Waals surface area contributed by atoms with Crippen molar-refractivity contribution in [1.82, 2.24) is 0 Å². The molecule has 0 unspecified atom stereocenters. The molecule has 0 atom stereocenters. The lowest BCUT2D eigenvalue weighted by Gasteiger charge is -2.08. The second-order valence-electron chi connectivity index (χ2n) is 34.2. The van der Waals surface area contributed by atoms with E-state index in [1.807, 2.05) is 0 Å². The molecule has 130 heavy (non-hydrogen) atoms. The minimum Gasteiger partial charge on any atom is -0.494 e. The predicted molar refractivity (Wildman–Crippen MR) is 556 cm³/mol. The highest BCUT2D eigenvalue weighted by atomic mass is 32.1. The summed E-state index contributed by atoms with van der Waals surface area (Å²) < 4.78 is 24.7. The van der Waals surface area contributed by atoms with Crippen LogP contribution >= 0.6 is 22.7 Å². The van der Waals surface area contributed by atoms with Gasteiger partial charge in [0.25, 0.3) is 0 Å². The van der Waals surface area contributed by atoms with Crippen molar-refractivity contribution in [2.24, 2.45) is 0 Å². The number of unbranched alkanes of at least 4 members (excludes halogenated alkanes) is 24. The maximum Gasteiger partial charge on any atom is 0.119 e. The number of rotatable bonds is 45. The van der Waals surface area contributed by atoms with Gasteiger partial charge in [0.05, 0.1) is 45.9 Å². The fourth-order valence-corrected chi connectivity index (χ4v) is 18.2. The van der Waals surface area contributed by atoms with Gasteiger partial charge in [-0.1, -0.05) is 332 Å². The van der Waals surface area contributed by atoms with Crippen LogP contribution in [0.1, 0.15) is 395 Å². The molecule has 10 aromatic rings. The van der Waals surface area contributed by atoms with Gasteiger partial charge in [-0.3, -0.25) is 0 Å². The van der Waals surface area contributed by atoms with E-state index < -0.39 is 0 Å². The van der Waals surface area contributed by atoms with Crippen LogP contribution in [0.5, 0.6) is 23.0 Å². The van der Waals surface area contributed by atoms with Crippen molar-refractivity contribution in [3.8, 4) is 127 Å². The summed E-state index contributed by atoms with van der Waals surface area (Å²) in [6, 6.07) is 55.5. The molecule has 0 aliphatic heterocycles. The lowest BCUT2D eigenvalue weighted by atomic mass is 9.95. The van der Waals surface area contributed by atoms with E-state index in [0.29, 0.717) is 0 Å². The van der Waals surface area contributed by atoms with Crippen molar-refractivity contribution >= 4 is 22.7 Å². The summed E-state index contributed by atoms with van der Waals surface area (Å²) in [6.07, 6.45) is 41.6. The highest BCUT2D eigenvalue weighted by Gasteiger charge is 2.19. The molecule has 0 saturated carbocycles. The van der Waals surface area contributed by atoms with Gasteiger partial charge in [0.15, 0.2) is 0 Å². The third-order valence-corrected chi connectivity index (χ3v) is 26.5. The van der Waals surface area contributed by atoms with Crippen molar-refractivity contribution in [3.63, 3.8) is 0 Å². The van der Waals surface area contributed by atoms with Crippen LogP contribution in [0.25, 0.3) is 9.75 Å². The summed E-state index contributed by atoms with van der Waals surface area (Å²) in [4.78, 5) is 3.83. The van der Waals surface area contributed by atoms with Crippen molar-refractivity contribution in [2.75, 3.05) is 26.4 Å². The van der Waals surface area contributed by atoms with E-state index in [1.165, 1.54) is 165 Å². The van der Waals surface area contributed by atoms with Crippen molar-refractivity contribution in [2.45, 2.75) is 314 Å².